The van der Waals surface area contributed by atoms with Crippen molar-refractivity contribution in [3.8, 4) is 5.75 Å². The first-order valence-electron chi connectivity index (χ1n) is 11.6. The number of hydrogen-bond donors (Lipinski definition) is 1. The molecule has 3 aromatic carbocycles. The Morgan fingerprint density at radius 1 is 1.06 bits per heavy atom. The smallest absolute Gasteiger partial charge is 0.294 e. The predicted octanol–water partition coefficient (Wildman–Crippen LogP) is 5.22. The van der Waals surface area contributed by atoms with Crippen molar-refractivity contribution in [3.63, 3.8) is 0 Å². The molecular formula is C28H25ClN2O4. The molecule has 1 saturated heterocycles. The van der Waals surface area contributed by atoms with Gasteiger partial charge in [0, 0.05) is 23.7 Å². The number of rotatable bonds is 6. The number of nitrogens with zero attached hydrogens (tertiary/aromatic N) is 1. The molecule has 0 aromatic heterocycles. The summed E-state index contributed by atoms with van der Waals surface area (Å²) in [4.78, 5) is 27.5. The van der Waals surface area contributed by atoms with Gasteiger partial charge in [0.25, 0.3) is 11.8 Å². The molecule has 0 radical (unpaired) electrons. The zero-order valence-corrected chi connectivity index (χ0v) is 19.8. The van der Waals surface area contributed by atoms with Gasteiger partial charge >= 0.3 is 0 Å². The molecule has 0 aliphatic carbocycles. The van der Waals surface area contributed by atoms with Crippen LogP contribution in [-0.4, -0.2) is 31.1 Å². The summed E-state index contributed by atoms with van der Waals surface area (Å²) in [5.74, 6) is 0.440. The van der Waals surface area contributed by atoms with E-state index in [4.69, 9.17) is 21.1 Å². The highest BCUT2D eigenvalue weighted by Gasteiger charge is 2.30. The summed E-state index contributed by atoms with van der Waals surface area (Å²) in [7, 11) is 0. The van der Waals surface area contributed by atoms with Crippen molar-refractivity contribution in [1.29, 1.82) is 0 Å². The minimum atomic E-state index is -0.239. The molecule has 0 spiro atoms. The monoisotopic (exact) mass is 488 g/mol. The van der Waals surface area contributed by atoms with E-state index in [2.05, 4.69) is 5.32 Å². The summed E-state index contributed by atoms with van der Waals surface area (Å²) in [6, 6.07) is 22.0. The van der Waals surface area contributed by atoms with Crippen LogP contribution in [0.1, 0.15) is 34.3 Å². The number of amides is 2. The Hall–Kier alpha value is -3.61. The molecule has 1 N–H and O–H groups in total. The highest BCUT2D eigenvalue weighted by molar-refractivity contribution is 6.30. The zero-order chi connectivity index (χ0) is 24.2. The quantitative estimate of drug-likeness (QED) is 0.483. The minimum absolute atomic E-state index is 0.0936. The Balaban J connectivity index is 1.33. The average molecular weight is 489 g/mol. The lowest BCUT2D eigenvalue weighted by Crippen LogP contribution is -2.36. The molecule has 2 amide bonds. The van der Waals surface area contributed by atoms with Gasteiger partial charge in [-0.15, -0.1) is 0 Å². The first kappa shape index (κ1) is 23.1. The van der Waals surface area contributed by atoms with Crippen molar-refractivity contribution >= 4 is 35.2 Å². The summed E-state index contributed by atoms with van der Waals surface area (Å²) in [6.45, 7) is 1.65. The van der Waals surface area contributed by atoms with Crippen molar-refractivity contribution in [2.75, 3.05) is 18.1 Å². The highest BCUT2D eigenvalue weighted by atomic mass is 35.5. The fraction of sp³-hybridized carbons (Fsp3) is 0.214. The van der Waals surface area contributed by atoms with Gasteiger partial charge in [-0.05, 0) is 66.4 Å². The number of ether oxygens (including phenoxy) is 2. The average Bonchev–Trinajstić information content (AvgIpc) is 3.40. The lowest BCUT2D eigenvalue weighted by molar-refractivity contribution is -0.117. The number of para-hydroxylation sites is 2. The fourth-order valence-electron chi connectivity index (χ4n) is 4.19. The summed E-state index contributed by atoms with van der Waals surface area (Å²) < 4.78 is 11.5. The molecule has 1 atom stereocenters. The Labute approximate surface area is 209 Å². The van der Waals surface area contributed by atoms with Crippen LogP contribution in [0.5, 0.6) is 5.75 Å². The van der Waals surface area contributed by atoms with Crippen molar-refractivity contribution < 1.29 is 19.1 Å². The Morgan fingerprint density at radius 2 is 1.83 bits per heavy atom. The second-order valence-corrected chi connectivity index (χ2v) is 9.00. The van der Waals surface area contributed by atoms with Crippen LogP contribution >= 0.6 is 11.6 Å². The largest absolute Gasteiger partial charge is 0.449 e. The molecule has 2 aliphatic rings. The van der Waals surface area contributed by atoms with Crippen LogP contribution in [0.2, 0.25) is 5.02 Å². The number of anilines is 1. The Morgan fingerprint density at radius 3 is 2.57 bits per heavy atom. The summed E-state index contributed by atoms with van der Waals surface area (Å²) >= 11 is 6.02. The molecule has 35 heavy (non-hydrogen) atoms. The predicted molar refractivity (Wildman–Crippen MR) is 135 cm³/mol. The molecule has 0 unspecified atom stereocenters. The summed E-state index contributed by atoms with van der Waals surface area (Å²) in [5.41, 5.74) is 2.98. The third kappa shape index (κ3) is 5.39. The molecule has 2 heterocycles. The molecule has 3 aromatic rings. The third-order valence-corrected chi connectivity index (χ3v) is 6.32. The first-order chi connectivity index (χ1) is 17.1. The van der Waals surface area contributed by atoms with E-state index in [-0.39, 0.29) is 23.7 Å². The lowest BCUT2D eigenvalue weighted by atomic mass is 10.1. The molecule has 7 heteroatoms. The number of hydrogen-bond acceptors (Lipinski definition) is 4. The van der Waals surface area contributed by atoms with Crippen molar-refractivity contribution in [1.82, 2.24) is 5.32 Å². The van der Waals surface area contributed by atoms with E-state index < -0.39 is 0 Å². The minimum Gasteiger partial charge on any atom is -0.449 e. The maximum absolute atomic E-state index is 13.4. The van der Waals surface area contributed by atoms with Gasteiger partial charge < -0.3 is 14.8 Å². The van der Waals surface area contributed by atoms with Crippen LogP contribution in [0.3, 0.4) is 0 Å². The molecule has 0 saturated carbocycles. The SMILES string of the molecule is O=C(NC[C@@H]1CCCO1)c1ccc(/C=C2\Oc3ccccc3N(Cc3ccc(Cl)cc3)C2=O)cc1. The van der Waals surface area contributed by atoms with Gasteiger partial charge in [0.2, 0.25) is 0 Å². The number of benzene rings is 3. The van der Waals surface area contributed by atoms with Gasteiger partial charge in [-0.1, -0.05) is 48.0 Å². The van der Waals surface area contributed by atoms with Gasteiger partial charge in [-0.25, -0.2) is 0 Å². The van der Waals surface area contributed by atoms with E-state index in [1.54, 1.807) is 35.2 Å². The second kappa shape index (κ2) is 10.3. The van der Waals surface area contributed by atoms with Crippen molar-refractivity contribution in [2.24, 2.45) is 0 Å². The van der Waals surface area contributed by atoms with Crippen LogP contribution in [0.4, 0.5) is 5.69 Å². The standard InChI is InChI=1S/C28H25ClN2O4/c29-22-13-9-20(10-14-22)18-31-24-5-1-2-6-25(24)35-26(28(31)33)16-19-7-11-21(12-8-19)27(32)30-17-23-4-3-15-34-23/h1-2,5-14,16,23H,3-4,15,17-18H2,(H,30,32)/b26-16-/t23-/m0/s1. The van der Waals surface area contributed by atoms with E-state index in [9.17, 15) is 9.59 Å². The van der Waals surface area contributed by atoms with Gasteiger partial charge in [0.05, 0.1) is 18.3 Å². The maximum Gasteiger partial charge on any atom is 0.294 e. The molecule has 1 fully saturated rings. The van der Waals surface area contributed by atoms with Gasteiger partial charge in [0.15, 0.2) is 11.5 Å². The van der Waals surface area contributed by atoms with E-state index >= 15 is 0 Å². The van der Waals surface area contributed by atoms with Gasteiger partial charge in [-0.2, -0.15) is 0 Å². The summed E-state index contributed by atoms with van der Waals surface area (Å²) in [6.07, 6.45) is 3.79. The molecule has 0 bridgehead atoms. The van der Waals surface area contributed by atoms with Crippen molar-refractivity contribution in [3.05, 3.63) is 100 Å². The normalized spacial score (nSPS) is 18.3. The molecule has 5 rings (SSSR count). The number of carbonyl (C=O) groups excluding carboxylic acids is 2. The maximum atomic E-state index is 13.4. The molecule has 6 nitrogen and oxygen atoms in total. The van der Waals surface area contributed by atoms with Crippen LogP contribution in [0, 0.1) is 0 Å². The number of carbonyl (C=O) groups is 2. The molecule has 178 valence electrons. The zero-order valence-electron chi connectivity index (χ0n) is 19.1. The number of halogens is 1. The number of nitrogens with one attached hydrogen (secondary N) is 1. The fourth-order valence-corrected chi connectivity index (χ4v) is 4.31. The topological polar surface area (TPSA) is 67.9 Å². The van der Waals surface area contributed by atoms with E-state index in [0.717, 1.165) is 30.6 Å². The Kier molecular flexibility index (Phi) is 6.84. The Bertz CT molecular complexity index is 1250. The highest BCUT2D eigenvalue weighted by Crippen LogP contribution is 2.36. The van der Waals surface area contributed by atoms with Gasteiger partial charge in [-0.3, -0.25) is 14.5 Å². The van der Waals surface area contributed by atoms with E-state index in [0.29, 0.717) is 35.1 Å². The summed E-state index contributed by atoms with van der Waals surface area (Å²) in [5, 5.41) is 3.56. The van der Waals surface area contributed by atoms with E-state index in [1.807, 2.05) is 48.5 Å². The number of fused-ring (bicyclic) bond motifs is 1. The first-order valence-corrected chi connectivity index (χ1v) is 12.0. The second-order valence-electron chi connectivity index (χ2n) is 8.56. The van der Waals surface area contributed by atoms with Crippen LogP contribution in [0.15, 0.2) is 78.6 Å². The molecular weight excluding hydrogens is 464 g/mol. The van der Waals surface area contributed by atoms with Crippen LogP contribution in [0.25, 0.3) is 6.08 Å². The van der Waals surface area contributed by atoms with Crippen molar-refractivity contribution in [2.45, 2.75) is 25.5 Å². The van der Waals surface area contributed by atoms with E-state index in [1.165, 1.54) is 0 Å². The third-order valence-electron chi connectivity index (χ3n) is 6.07. The molecule has 2 aliphatic heterocycles. The van der Waals surface area contributed by atoms with Crippen LogP contribution < -0.4 is 15.0 Å². The van der Waals surface area contributed by atoms with Crippen LogP contribution in [-0.2, 0) is 16.1 Å². The van der Waals surface area contributed by atoms with Gasteiger partial charge in [0.1, 0.15) is 0 Å². The lowest BCUT2D eigenvalue weighted by Gasteiger charge is -2.30.